The zero-order valence-electron chi connectivity index (χ0n) is 16.3. The molecular weight excluding hydrogens is 422 g/mol. The lowest BCUT2D eigenvalue weighted by Crippen LogP contribution is -2.15. The first-order valence-electron chi connectivity index (χ1n) is 9.84. The average Bonchev–Trinajstić information content (AvgIpc) is 2.73. The Labute approximate surface area is 180 Å². The van der Waals surface area contributed by atoms with Gasteiger partial charge in [0.05, 0.1) is 12.1 Å². The highest BCUT2D eigenvalue weighted by molar-refractivity contribution is 9.10. The van der Waals surface area contributed by atoms with Gasteiger partial charge < -0.3 is 10.4 Å². The van der Waals surface area contributed by atoms with Crippen LogP contribution in [0.2, 0.25) is 0 Å². The Bertz CT molecular complexity index is 1110. The van der Waals surface area contributed by atoms with E-state index in [1.807, 2.05) is 30.3 Å². The number of aliphatic hydroxyl groups excluding tert-OH is 1. The Morgan fingerprint density at radius 2 is 1.52 bits per heavy atom. The van der Waals surface area contributed by atoms with Gasteiger partial charge in [0.25, 0.3) is 0 Å². The molecule has 4 rings (SSSR count). The van der Waals surface area contributed by atoms with Crippen molar-refractivity contribution in [3.63, 3.8) is 0 Å². The first-order chi connectivity index (χ1) is 14.1. The van der Waals surface area contributed by atoms with E-state index in [4.69, 9.17) is 0 Å². The highest BCUT2D eigenvalue weighted by Gasteiger charge is 2.18. The summed E-state index contributed by atoms with van der Waals surface area (Å²) in [5, 5.41) is 17.0. The minimum Gasteiger partial charge on any atom is -0.388 e. The van der Waals surface area contributed by atoms with Crippen molar-refractivity contribution in [2.75, 3.05) is 5.32 Å². The second kappa shape index (κ2) is 8.81. The van der Waals surface area contributed by atoms with E-state index in [0.29, 0.717) is 6.42 Å². The monoisotopic (exact) mass is 445 g/mol. The molecule has 3 heteroatoms. The lowest BCUT2D eigenvalue weighted by Gasteiger charge is -2.24. The maximum absolute atomic E-state index is 11.0. The highest BCUT2D eigenvalue weighted by Crippen LogP contribution is 2.32. The normalized spacial score (nSPS) is 13.2. The summed E-state index contributed by atoms with van der Waals surface area (Å²) < 4.78 is 1.05. The van der Waals surface area contributed by atoms with E-state index < -0.39 is 6.10 Å². The summed E-state index contributed by atoms with van der Waals surface area (Å²) in [7, 11) is 0. The molecule has 4 aromatic rings. The molecule has 2 atom stereocenters. The molecule has 0 bridgehead atoms. The molecule has 0 aliphatic rings. The summed E-state index contributed by atoms with van der Waals surface area (Å²) in [6.07, 6.45) is 0.0130. The van der Waals surface area contributed by atoms with Crippen LogP contribution in [0.25, 0.3) is 10.8 Å². The fourth-order valence-electron chi connectivity index (χ4n) is 3.68. The molecule has 0 amide bonds. The van der Waals surface area contributed by atoms with Crippen LogP contribution in [0.5, 0.6) is 0 Å². The van der Waals surface area contributed by atoms with E-state index in [1.165, 1.54) is 10.9 Å². The summed E-state index contributed by atoms with van der Waals surface area (Å²) in [5.74, 6) is 0. The van der Waals surface area contributed by atoms with Crippen molar-refractivity contribution in [1.29, 1.82) is 0 Å². The predicted molar refractivity (Wildman–Crippen MR) is 125 cm³/mol. The standard InChI is InChI=1S/C26H24BrNO/c1-18-5-4-8-24(15-18)28-25(20-11-13-23(27)14-12-20)17-26(29)22-10-9-19-6-2-3-7-21(19)16-22/h2-16,25-26,28-29H,17H2,1H3. The molecule has 0 saturated carbocycles. The van der Waals surface area contributed by atoms with Crippen molar-refractivity contribution in [1.82, 2.24) is 0 Å². The molecule has 0 radical (unpaired) electrons. The van der Waals surface area contributed by atoms with Gasteiger partial charge in [-0.25, -0.2) is 0 Å². The molecule has 146 valence electrons. The van der Waals surface area contributed by atoms with Gasteiger partial charge in [-0.15, -0.1) is 0 Å². The molecule has 2 unspecified atom stereocenters. The molecule has 0 aliphatic carbocycles. The first kappa shape index (κ1) is 19.7. The number of halogens is 1. The van der Waals surface area contributed by atoms with Crippen molar-refractivity contribution in [2.45, 2.75) is 25.5 Å². The molecular formula is C26H24BrNO. The van der Waals surface area contributed by atoms with Crippen molar-refractivity contribution >= 4 is 32.4 Å². The van der Waals surface area contributed by atoms with E-state index in [-0.39, 0.29) is 6.04 Å². The number of nitrogens with one attached hydrogen (secondary N) is 1. The maximum atomic E-state index is 11.0. The van der Waals surface area contributed by atoms with Crippen molar-refractivity contribution in [3.05, 3.63) is 112 Å². The van der Waals surface area contributed by atoms with Crippen molar-refractivity contribution in [3.8, 4) is 0 Å². The predicted octanol–water partition coefficient (Wildman–Crippen LogP) is 7.19. The van der Waals surface area contributed by atoms with Gasteiger partial charge in [0.2, 0.25) is 0 Å². The van der Waals surface area contributed by atoms with Crippen LogP contribution in [0.4, 0.5) is 5.69 Å². The number of fused-ring (bicyclic) bond motifs is 1. The van der Waals surface area contributed by atoms with Crippen molar-refractivity contribution < 1.29 is 5.11 Å². The summed E-state index contributed by atoms with van der Waals surface area (Å²) >= 11 is 3.51. The van der Waals surface area contributed by atoms with Crippen LogP contribution in [-0.4, -0.2) is 5.11 Å². The van der Waals surface area contributed by atoms with Crippen molar-refractivity contribution in [2.24, 2.45) is 0 Å². The number of hydrogen-bond acceptors (Lipinski definition) is 2. The molecule has 0 spiro atoms. The minimum atomic E-state index is -0.564. The molecule has 0 fully saturated rings. The Morgan fingerprint density at radius 3 is 2.28 bits per heavy atom. The molecule has 29 heavy (non-hydrogen) atoms. The second-order valence-corrected chi connectivity index (χ2v) is 8.39. The third-order valence-corrected chi connectivity index (χ3v) is 5.78. The molecule has 2 nitrogen and oxygen atoms in total. The topological polar surface area (TPSA) is 32.3 Å². The Kier molecular flexibility index (Phi) is 5.98. The van der Waals surface area contributed by atoms with E-state index in [9.17, 15) is 5.11 Å². The lowest BCUT2D eigenvalue weighted by atomic mass is 9.95. The quantitative estimate of drug-likeness (QED) is 0.329. The van der Waals surface area contributed by atoms with Gasteiger partial charge in [-0.2, -0.15) is 0 Å². The SMILES string of the molecule is Cc1cccc(NC(CC(O)c2ccc3ccccc3c2)c2ccc(Br)cc2)c1. The van der Waals surface area contributed by atoms with Gasteiger partial charge in [0.15, 0.2) is 0 Å². The van der Waals surface area contributed by atoms with E-state index >= 15 is 0 Å². The zero-order valence-corrected chi connectivity index (χ0v) is 17.9. The number of benzene rings is 4. The van der Waals surface area contributed by atoms with Gasteiger partial charge in [-0.05, 0) is 64.7 Å². The van der Waals surface area contributed by atoms with E-state index in [0.717, 1.165) is 26.7 Å². The Balaban J connectivity index is 1.61. The van der Waals surface area contributed by atoms with Crippen LogP contribution >= 0.6 is 15.9 Å². The van der Waals surface area contributed by atoms with Crippen LogP contribution in [0.15, 0.2) is 95.5 Å². The average molecular weight is 446 g/mol. The van der Waals surface area contributed by atoms with Crippen LogP contribution in [0, 0.1) is 6.92 Å². The molecule has 0 heterocycles. The third-order valence-electron chi connectivity index (χ3n) is 5.25. The minimum absolute atomic E-state index is 0.00799. The number of hydrogen-bond donors (Lipinski definition) is 2. The molecule has 0 aliphatic heterocycles. The highest BCUT2D eigenvalue weighted by atomic mass is 79.9. The largest absolute Gasteiger partial charge is 0.388 e. The summed E-state index contributed by atoms with van der Waals surface area (Å²) in [5.41, 5.74) is 4.36. The third kappa shape index (κ3) is 4.87. The fourth-order valence-corrected chi connectivity index (χ4v) is 3.95. The smallest absolute Gasteiger partial charge is 0.0813 e. The first-order valence-corrected chi connectivity index (χ1v) is 10.6. The second-order valence-electron chi connectivity index (χ2n) is 7.48. The number of aryl methyl sites for hydroxylation is 1. The molecule has 2 N–H and O–H groups in total. The maximum Gasteiger partial charge on any atom is 0.0813 e. The zero-order chi connectivity index (χ0) is 20.2. The van der Waals surface area contributed by atoms with E-state index in [2.05, 4.69) is 88.8 Å². The molecule has 0 saturated heterocycles. The molecule has 0 aromatic heterocycles. The summed E-state index contributed by atoms with van der Waals surface area (Å²) in [4.78, 5) is 0. The number of anilines is 1. The Morgan fingerprint density at radius 1 is 0.793 bits per heavy atom. The van der Waals surface area contributed by atoms with Gasteiger partial charge in [-0.1, -0.05) is 76.6 Å². The van der Waals surface area contributed by atoms with Gasteiger partial charge in [0, 0.05) is 16.6 Å². The summed E-state index contributed by atoms with van der Waals surface area (Å²) in [6, 6.07) is 31.1. The van der Waals surface area contributed by atoms with Crippen LogP contribution < -0.4 is 5.32 Å². The number of rotatable bonds is 6. The van der Waals surface area contributed by atoms with Gasteiger partial charge in [-0.3, -0.25) is 0 Å². The van der Waals surface area contributed by atoms with E-state index in [1.54, 1.807) is 0 Å². The van der Waals surface area contributed by atoms with Gasteiger partial charge in [0.1, 0.15) is 0 Å². The fraction of sp³-hybridized carbons (Fsp3) is 0.154. The van der Waals surface area contributed by atoms with Crippen LogP contribution in [0.3, 0.4) is 0 Å². The number of aliphatic hydroxyl groups is 1. The van der Waals surface area contributed by atoms with Gasteiger partial charge >= 0.3 is 0 Å². The lowest BCUT2D eigenvalue weighted by molar-refractivity contribution is 0.161. The van der Waals surface area contributed by atoms with Crippen LogP contribution in [-0.2, 0) is 0 Å². The Hall–Kier alpha value is -2.62. The summed E-state index contributed by atoms with van der Waals surface area (Å²) in [6.45, 7) is 2.09. The van der Waals surface area contributed by atoms with Crippen LogP contribution in [0.1, 0.15) is 35.3 Å². The molecule has 4 aromatic carbocycles.